The normalized spacial score (nSPS) is 19.5. The van der Waals surface area contributed by atoms with E-state index in [4.69, 9.17) is 9.15 Å². The summed E-state index contributed by atoms with van der Waals surface area (Å²) >= 11 is 0. The predicted octanol–water partition coefficient (Wildman–Crippen LogP) is 0.432. The fraction of sp³-hybridized carbons (Fsp3) is 0.385. The molecule has 0 saturated carbocycles. The summed E-state index contributed by atoms with van der Waals surface area (Å²) < 4.78 is 10.6. The van der Waals surface area contributed by atoms with Crippen molar-refractivity contribution in [3.63, 3.8) is 0 Å². The van der Waals surface area contributed by atoms with Crippen LogP contribution in [0.4, 0.5) is 0 Å². The average Bonchev–Trinajstić information content (AvgIpc) is 2.93. The first kappa shape index (κ1) is 12.1. The van der Waals surface area contributed by atoms with Gasteiger partial charge in [-0.25, -0.2) is 4.98 Å². The first-order chi connectivity index (χ1) is 9.33. The van der Waals surface area contributed by atoms with Gasteiger partial charge in [0.2, 0.25) is 0 Å². The van der Waals surface area contributed by atoms with Gasteiger partial charge in [0.25, 0.3) is 5.91 Å². The number of fused-ring (bicyclic) bond motifs is 1. The summed E-state index contributed by atoms with van der Waals surface area (Å²) in [6.45, 7) is 2.39. The summed E-state index contributed by atoms with van der Waals surface area (Å²) in [5, 5.41) is 5.99. The van der Waals surface area contributed by atoms with Crippen molar-refractivity contribution in [2.75, 3.05) is 19.7 Å². The van der Waals surface area contributed by atoms with E-state index in [1.54, 1.807) is 0 Å². The molecule has 1 fully saturated rings. The second kappa shape index (κ2) is 5.38. The van der Waals surface area contributed by atoms with E-state index in [1.165, 1.54) is 6.39 Å². The van der Waals surface area contributed by atoms with Gasteiger partial charge in [-0.2, -0.15) is 0 Å². The molecule has 1 aliphatic heterocycles. The van der Waals surface area contributed by atoms with Crippen molar-refractivity contribution in [3.8, 4) is 0 Å². The maximum atomic E-state index is 11.9. The highest BCUT2D eigenvalue weighted by atomic mass is 16.5. The first-order valence-electron chi connectivity index (χ1n) is 6.25. The van der Waals surface area contributed by atoms with Crippen molar-refractivity contribution in [1.82, 2.24) is 15.6 Å². The molecular weight excluding hydrogens is 246 g/mol. The van der Waals surface area contributed by atoms with Crippen LogP contribution in [-0.2, 0) is 16.1 Å². The van der Waals surface area contributed by atoms with Gasteiger partial charge in [-0.15, -0.1) is 0 Å². The molecule has 0 bridgehead atoms. The van der Waals surface area contributed by atoms with E-state index in [9.17, 15) is 4.79 Å². The summed E-state index contributed by atoms with van der Waals surface area (Å²) in [7, 11) is 0. The molecule has 1 saturated heterocycles. The summed E-state index contributed by atoms with van der Waals surface area (Å²) in [5.41, 5.74) is 2.51. The van der Waals surface area contributed by atoms with E-state index in [2.05, 4.69) is 15.6 Å². The van der Waals surface area contributed by atoms with Crippen LogP contribution in [0.15, 0.2) is 29.0 Å². The molecule has 1 amide bonds. The fourth-order valence-corrected chi connectivity index (χ4v) is 2.05. The Kier molecular flexibility index (Phi) is 3.43. The van der Waals surface area contributed by atoms with Crippen LogP contribution >= 0.6 is 0 Å². The van der Waals surface area contributed by atoms with E-state index >= 15 is 0 Å². The first-order valence-corrected chi connectivity index (χ1v) is 6.25. The highest BCUT2D eigenvalue weighted by molar-refractivity contribution is 5.81. The zero-order valence-corrected chi connectivity index (χ0v) is 10.4. The Balaban J connectivity index is 1.60. The van der Waals surface area contributed by atoms with E-state index in [0.29, 0.717) is 19.7 Å². The van der Waals surface area contributed by atoms with Gasteiger partial charge in [0.15, 0.2) is 12.0 Å². The van der Waals surface area contributed by atoms with Crippen LogP contribution < -0.4 is 10.6 Å². The van der Waals surface area contributed by atoms with Crippen molar-refractivity contribution in [3.05, 3.63) is 30.2 Å². The van der Waals surface area contributed by atoms with Crippen LogP contribution in [0.2, 0.25) is 0 Å². The standard InChI is InChI=1S/C13H15N3O3/c17-13(12-7-14-3-4-18-12)15-6-9-1-2-10-11(5-9)19-8-16-10/h1-2,5,8,12,14H,3-4,6-7H2,(H,15,17). The third kappa shape index (κ3) is 2.74. The lowest BCUT2D eigenvalue weighted by atomic mass is 10.2. The number of hydrogen-bond donors (Lipinski definition) is 2. The molecule has 1 unspecified atom stereocenters. The molecule has 3 rings (SSSR count). The Hall–Kier alpha value is -1.92. The number of hydrogen-bond acceptors (Lipinski definition) is 5. The molecule has 6 heteroatoms. The molecule has 1 aliphatic rings. The van der Waals surface area contributed by atoms with Gasteiger partial charge in [-0.05, 0) is 17.7 Å². The largest absolute Gasteiger partial charge is 0.443 e. The molecule has 1 aromatic heterocycles. The third-order valence-corrected chi connectivity index (χ3v) is 3.08. The maximum absolute atomic E-state index is 11.9. The van der Waals surface area contributed by atoms with Crippen molar-refractivity contribution in [1.29, 1.82) is 0 Å². The molecule has 2 heterocycles. The number of rotatable bonds is 3. The number of nitrogens with one attached hydrogen (secondary N) is 2. The van der Waals surface area contributed by atoms with E-state index < -0.39 is 6.10 Å². The van der Waals surface area contributed by atoms with Gasteiger partial charge in [-0.3, -0.25) is 4.79 Å². The number of ether oxygens (including phenoxy) is 1. The Morgan fingerprint density at radius 3 is 3.32 bits per heavy atom. The fourth-order valence-electron chi connectivity index (χ4n) is 2.05. The summed E-state index contributed by atoms with van der Waals surface area (Å²) in [6.07, 6.45) is 1.01. The van der Waals surface area contributed by atoms with Crippen LogP contribution in [0.5, 0.6) is 0 Å². The topological polar surface area (TPSA) is 76.4 Å². The molecule has 1 aromatic carbocycles. The van der Waals surface area contributed by atoms with Crippen molar-refractivity contribution < 1.29 is 13.9 Å². The summed E-state index contributed by atoms with van der Waals surface area (Å²) in [4.78, 5) is 15.9. The molecule has 0 aliphatic carbocycles. The second-order valence-electron chi connectivity index (χ2n) is 4.44. The van der Waals surface area contributed by atoms with Crippen molar-refractivity contribution in [2.24, 2.45) is 0 Å². The SMILES string of the molecule is O=C(NCc1ccc2ncoc2c1)C1CNCCO1. The molecule has 2 aromatic rings. The molecule has 0 radical (unpaired) electrons. The van der Waals surface area contributed by atoms with Gasteiger partial charge in [0.1, 0.15) is 11.6 Å². The molecule has 6 nitrogen and oxygen atoms in total. The highest BCUT2D eigenvalue weighted by Gasteiger charge is 2.21. The average molecular weight is 261 g/mol. The quantitative estimate of drug-likeness (QED) is 0.838. The Labute approximate surface area is 110 Å². The lowest BCUT2D eigenvalue weighted by Gasteiger charge is -2.22. The van der Waals surface area contributed by atoms with Crippen molar-refractivity contribution in [2.45, 2.75) is 12.6 Å². The number of carbonyl (C=O) groups excluding carboxylic acids is 1. The van der Waals surface area contributed by atoms with Crippen LogP contribution in [-0.4, -0.2) is 36.7 Å². The summed E-state index contributed by atoms with van der Waals surface area (Å²) in [6, 6.07) is 5.67. The van der Waals surface area contributed by atoms with Gasteiger partial charge in [0.05, 0.1) is 6.61 Å². The zero-order chi connectivity index (χ0) is 13.1. The monoisotopic (exact) mass is 261 g/mol. The van der Waals surface area contributed by atoms with Gasteiger partial charge < -0.3 is 19.8 Å². The Morgan fingerprint density at radius 2 is 2.47 bits per heavy atom. The summed E-state index contributed by atoms with van der Waals surface area (Å²) in [5.74, 6) is -0.0927. The predicted molar refractivity (Wildman–Crippen MR) is 68.5 cm³/mol. The van der Waals surface area contributed by atoms with Crippen LogP contribution in [0, 0.1) is 0 Å². The van der Waals surface area contributed by atoms with Gasteiger partial charge in [0, 0.05) is 19.6 Å². The van der Waals surface area contributed by atoms with Crippen LogP contribution in [0.1, 0.15) is 5.56 Å². The number of benzene rings is 1. The number of morpholine rings is 1. The van der Waals surface area contributed by atoms with Gasteiger partial charge >= 0.3 is 0 Å². The number of amides is 1. The molecule has 2 N–H and O–H groups in total. The smallest absolute Gasteiger partial charge is 0.250 e. The Bertz CT molecular complexity index is 575. The minimum atomic E-state index is -0.400. The lowest BCUT2D eigenvalue weighted by Crippen LogP contribution is -2.47. The molecule has 19 heavy (non-hydrogen) atoms. The molecule has 1 atom stereocenters. The molecule has 0 spiro atoms. The van der Waals surface area contributed by atoms with E-state index in [1.807, 2.05) is 18.2 Å². The van der Waals surface area contributed by atoms with Crippen LogP contribution in [0.3, 0.4) is 0 Å². The van der Waals surface area contributed by atoms with E-state index in [0.717, 1.165) is 23.2 Å². The van der Waals surface area contributed by atoms with Crippen molar-refractivity contribution >= 4 is 17.0 Å². The minimum Gasteiger partial charge on any atom is -0.443 e. The van der Waals surface area contributed by atoms with E-state index in [-0.39, 0.29) is 5.91 Å². The lowest BCUT2D eigenvalue weighted by molar-refractivity contribution is -0.134. The van der Waals surface area contributed by atoms with Gasteiger partial charge in [-0.1, -0.05) is 6.07 Å². The zero-order valence-electron chi connectivity index (χ0n) is 10.4. The highest BCUT2D eigenvalue weighted by Crippen LogP contribution is 2.14. The minimum absolute atomic E-state index is 0.0927. The maximum Gasteiger partial charge on any atom is 0.250 e. The number of carbonyl (C=O) groups is 1. The third-order valence-electron chi connectivity index (χ3n) is 3.08. The number of nitrogens with zero attached hydrogens (tertiary/aromatic N) is 1. The number of aromatic nitrogens is 1. The van der Waals surface area contributed by atoms with Crippen LogP contribution in [0.25, 0.3) is 11.1 Å². The number of oxazole rings is 1. The Morgan fingerprint density at radius 1 is 1.53 bits per heavy atom. The second-order valence-corrected chi connectivity index (χ2v) is 4.44. The molecular formula is C13H15N3O3. The molecule has 100 valence electrons.